The fourth-order valence-corrected chi connectivity index (χ4v) is 2.70. The molecule has 0 aromatic heterocycles. The summed E-state index contributed by atoms with van der Waals surface area (Å²) in [5.74, 6) is 0.124. The smallest absolute Gasteiger partial charge is 0.225 e. The summed E-state index contributed by atoms with van der Waals surface area (Å²) in [5, 5.41) is 3.14. The fraction of sp³-hybridized carbons (Fsp3) is 0.533. The van der Waals surface area contributed by atoms with Crippen LogP contribution in [-0.2, 0) is 4.79 Å². The van der Waals surface area contributed by atoms with Crippen LogP contribution in [0.4, 0.5) is 0 Å². The number of nitrogens with two attached hydrogens (primary N) is 1. The van der Waals surface area contributed by atoms with E-state index in [1.807, 2.05) is 18.2 Å². The predicted octanol–water partition coefficient (Wildman–Crippen LogP) is 2.38. The topological polar surface area (TPSA) is 55.1 Å². The van der Waals surface area contributed by atoms with Gasteiger partial charge in [0.25, 0.3) is 0 Å². The van der Waals surface area contributed by atoms with E-state index in [9.17, 15) is 4.79 Å². The van der Waals surface area contributed by atoms with Crippen LogP contribution in [0.25, 0.3) is 0 Å². The molecule has 1 aliphatic rings. The molecule has 1 aromatic carbocycles. The van der Waals surface area contributed by atoms with Crippen molar-refractivity contribution in [2.24, 2.45) is 11.7 Å². The number of amides is 1. The van der Waals surface area contributed by atoms with Crippen molar-refractivity contribution < 1.29 is 4.79 Å². The van der Waals surface area contributed by atoms with Gasteiger partial charge in [-0.1, -0.05) is 43.7 Å². The minimum absolute atomic E-state index is 0.00256. The highest BCUT2D eigenvalue weighted by Crippen LogP contribution is 2.25. The van der Waals surface area contributed by atoms with Gasteiger partial charge in [0.15, 0.2) is 0 Å². The van der Waals surface area contributed by atoms with Gasteiger partial charge in [-0.3, -0.25) is 4.79 Å². The van der Waals surface area contributed by atoms with Gasteiger partial charge in [0.05, 0.1) is 12.0 Å². The van der Waals surface area contributed by atoms with Gasteiger partial charge in [-0.05, 0) is 24.8 Å². The molecular formula is C15H22N2O. The molecule has 3 unspecified atom stereocenters. The summed E-state index contributed by atoms with van der Waals surface area (Å²) in [6, 6.07) is 10.3. The molecule has 1 aromatic rings. The van der Waals surface area contributed by atoms with Gasteiger partial charge in [-0.2, -0.15) is 0 Å². The molecule has 98 valence electrons. The first kappa shape index (κ1) is 13.1. The van der Waals surface area contributed by atoms with Gasteiger partial charge in [0.2, 0.25) is 5.91 Å². The van der Waals surface area contributed by atoms with Crippen molar-refractivity contribution in [3.63, 3.8) is 0 Å². The first-order chi connectivity index (χ1) is 8.72. The molecule has 3 atom stereocenters. The van der Waals surface area contributed by atoms with Crippen LogP contribution in [0.15, 0.2) is 30.3 Å². The minimum Gasteiger partial charge on any atom is -0.349 e. The molecule has 0 spiro atoms. The normalized spacial score (nSPS) is 24.8. The Kier molecular flexibility index (Phi) is 4.37. The van der Waals surface area contributed by atoms with Crippen molar-refractivity contribution in [1.29, 1.82) is 0 Å². The summed E-state index contributed by atoms with van der Waals surface area (Å²) in [6.07, 6.45) is 3.87. The van der Waals surface area contributed by atoms with E-state index < -0.39 is 0 Å². The van der Waals surface area contributed by atoms with Crippen molar-refractivity contribution in [3.8, 4) is 0 Å². The number of carbonyl (C=O) groups is 1. The molecule has 0 aliphatic heterocycles. The summed E-state index contributed by atoms with van der Waals surface area (Å²) in [6.45, 7) is 2.09. The van der Waals surface area contributed by atoms with Crippen molar-refractivity contribution >= 4 is 5.91 Å². The molecule has 0 radical (unpaired) electrons. The Morgan fingerprint density at radius 3 is 2.67 bits per heavy atom. The first-order valence-corrected chi connectivity index (χ1v) is 6.83. The Morgan fingerprint density at radius 1 is 1.39 bits per heavy atom. The van der Waals surface area contributed by atoms with Crippen molar-refractivity contribution in [3.05, 3.63) is 35.9 Å². The molecule has 1 fully saturated rings. The summed E-state index contributed by atoms with van der Waals surface area (Å²) >= 11 is 0. The van der Waals surface area contributed by atoms with Crippen molar-refractivity contribution in [2.45, 2.75) is 44.7 Å². The van der Waals surface area contributed by atoms with E-state index in [-0.39, 0.29) is 23.9 Å². The second kappa shape index (κ2) is 6.01. The lowest BCUT2D eigenvalue weighted by Gasteiger charge is -2.21. The van der Waals surface area contributed by atoms with Crippen LogP contribution >= 0.6 is 0 Å². The molecule has 0 saturated heterocycles. The Bertz CT molecular complexity index is 391. The highest BCUT2D eigenvalue weighted by atomic mass is 16.2. The molecule has 18 heavy (non-hydrogen) atoms. The largest absolute Gasteiger partial charge is 0.349 e. The quantitative estimate of drug-likeness (QED) is 0.857. The van der Waals surface area contributed by atoms with Crippen molar-refractivity contribution in [2.75, 3.05) is 0 Å². The third-order valence-corrected chi connectivity index (χ3v) is 3.83. The number of benzene rings is 1. The lowest BCUT2D eigenvalue weighted by molar-refractivity contribution is -0.126. The molecule has 1 amide bonds. The fourth-order valence-electron chi connectivity index (χ4n) is 2.70. The lowest BCUT2D eigenvalue weighted by Crippen LogP contribution is -2.40. The van der Waals surface area contributed by atoms with Gasteiger partial charge in [-0.15, -0.1) is 0 Å². The summed E-state index contributed by atoms with van der Waals surface area (Å²) < 4.78 is 0. The van der Waals surface area contributed by atoms with Crippen LogP contribution in [0.3, 0.4) is 0 Å². The Hall–Kier alpha value is -1.35. The number of nitrogens with one attached hydrogen (secondary N) is 1. The zero-order valence-corrected chi connectivity index (χ0v) is 10.9. The lowest BCUT2D eigenvalue weighted by atomic mass is 10.00. The third kappa shape index (κ3) is 2.91. The van der Waals surface area contributed by atoms with Crippen LogP contribution in [0, 0.1) is 5.92 Å². The maximum atomic E-state index is 12.2. The van der Waals surface area contributed by atoms with Crippen LogP contribution in [0.2, 0.25) is 0 Å². The van der Waals surface area contributed by atoms with E-state index in [1.54, 1.807) is 0 Å². The van der Waals surface area contributed by atoms with E-state index in [1.165, 1.54) is 5.56 Å². The molecule has 3 nitrogen and oxygen atoms in total. The van der Waals surface area contributed by atoms with Crippen LogP contribution in [0.5, 0.6) is 0 Å². The van der Waals surface area contributed by atoms with E-state index in [4.69, 9.17) is 5.73 Å². The Labute approximate surface area is 109 Å². The average Bonchev–Trinajstić information content (AvgIpc) is 2.83. The molecule has 3 heteroatoms. The number of hydrogen-bond donors (Lipinski definition) is 2. The van der Waals surface area contributed by atoms with Gasteiger partial charge >= 0.3 is 0 Å². The van der Waals surface area contributed by atoms with Gasteiger partial charge in [0, 0.05) is 6.04 Å². The Balaban J connectivity index is 2.00. The van der Waals surface area contributed by atoms with Crippen LogP contribution < -0.4 is 11.1 Å². The van der Waals surface area contributed by atoms with E-state index in [0.29, 0.717) is 0 Å². The molecule has 0 bridgehead atoms. The molecule has 1 aliphatic carbocycles. The maximum Gasteiger partial charge on any atom is 0.225 e. The minimum atomic E-state index is 0.00256. The monoisotopic (exact) mass is 246 g/mol. The maximum absolute atomic E-state index is 12.2. The molecule has 3 N–H and O–H groups in total. The summed E-state index contributed by atoms with van der Waals surface area (Å²) in [4.78, 5) is 12.2. The number of carbonyl (C=O) groups excluding carboxylic acids is 1. The van der Waals surface area contributed by atoms with Gasteiger partial charge in [-0.25, -0.2) is 0 Å². The number of hydrogen-bond acceptors (Lipinski definition) is 2. The molecular weight excluding hydrogens is 224 g/mol. The van der Waals surface area contributed by atoms with Gasteiger partial charge in [0.1, 0.15) is 0 Å². The molecule has 2 rings (SSSR count). The number of rotatable bonds is 4. The predicted molar refractivity (Wildman–Crippen MR) is 72.9 cm³/mol. The zero-order chi connectivity index (χ0) is 13.0. The third-order valence-electron chi connectivity index (χ3n) is 3.83. The average molecular weight is 246 g/mol. The van der Waals surface area contributed by atoms with E-state index in [0.717, 1.165) is 25.7 Å². The standard InChI is InChI=1S/C15H22N2O/c1-2-14(11-7-4-3-5-8-11)17-15(18)12-9-6-10-13(12)16/h3-5,7-8,12-14H,2,6,9-10,16H2,1H3,(H,17,18). The second-order valence-electron chi connectivity index (χ2n) is 5.08. The highest BCUT2D eigenvalue weighted by Gasteiger charge is 2.31. The first-order valence-electron chi connectivity index (χ1n) is 6.83. The zero-order valence-electron chi connectivity index (χ0n) is 10.9. The SMILES string of the molecule is CCC(NC(=O)C1CCCC1N)c1ccccc1. The summed E-state index contributed by atoms with van der Waals surface area (Å²) in [5.41, 5.74) is 7.14. The van der Waals surface area contributed by atoms with Crippen LogP contribution in [0.1, 0.15) is 44.2 Å². The molecule has 0 heterocycles. The molecule has 1 saturated carbocycles. The Morgan fingerprint density at radius 2 is 2.11 bits per heavy atom. The van der Waals surface area contributed by atoms with Crippen molar-refractivity contribution in [1.82, 2.24) is 5.32 Å². The van der Waals surface area contributed by atoms with Crippen LogP contribution in [-0.4, -0.2) is 11.9 Å². The summed E-state index contributed by atoms with van der Waals surface area (Å²) in [7, 11) is 0. The highest BCUT2D eigenvalue weighted by molar-refractivity contribution is 5.80. The second-order valence-corrected chi connectivity index (χ2v) is 5.08. The van der Waals surface area contributed by atoms with E-state index >= 15 is 0 Å². The van der Waals surface area contributed by atoms with Gasteiger partial charge < -0.3 is 11.1 Å². The van der Waals surface area contributed by atoms with E-state index in [2.05, 4.69) is 24.4 Å².